The first-order valence-corrected chi connectivity index (χ1v) is 8.96. The molecule has 3 atom stereocenters. The number of fused-ring (bicyclic) bond motifs is 1. The van der Waals surface area contributed by atoms with Crippen LogP contribution in [-0.2, 0) is 0 Å². The van der Waals surface area contributed by atoms with Gasteiger partial charge in [-0.2, -0.15) is 9.61 Å². The second kappa shape index (κ2) is 5.94. The fraction of sp³-hybridized carbons (Fsp3) is 0.412. The van der Waals surface area contributed by atoms with Gasteiger partial charge in [0.25, 0.3) is 0 Å². The van der Waals surface area contributed by atoms with Crippen LogP contribution in [0.1, 0.15) is 36.2 Å². The number of nitrogens with one attached hydrogen (secondary N) is 1. The summed E-state index contributed by atoms with van der Waals surface area (Å²) in [6.07, 6.45) is 4.02. The molecule has 5 nitrogen and oxygen atoms in total. The zero-order valence-electron chi connectivity index (χ0n) is 13.1. The second-order valence-electron chi connectivity index (χ2n) is 6.45. The molecule has 1 fully saturated rings. The van der Waals surface area contributed by atoms with Crippen molar-refractivity contribution in [2.45, 2.75) is 25.8 Å². The standard InChI is InChI=1S/C17H20N4OS/c1-12-6-5-9-20(10-12)14(13-7-3-2-4-8-13)15-16(22)21-17(23-15)18-11-19-21/h2-4,7-8,11-12,14,22H,5-6,9-10H2,1H3/p+1/t12-,14+/m1/s1. The first-order valence-electron chi connectivity index (χ1n) is 8.15. The number of thiazole rings is 1. The lowest BCUT2D eigenvalue weighted by molar-refractivity contribution is -0.933. The first kappa shape index (κ1) is 14.7. The van der Waals surface area contributed by atoms with Crippen molar-refractivity contribution in [2.24, 2.45) is 5.92 Å². The fourth-order valence-electron chi connectivity index (χ4n) is 3.69. The molecule has 6 heteroatoms. The molecule has 1 saturated heterocycles. The van der Waals surface area contributed by atoms with Crippen molar-refractivity contribution in [2.75, 3.05) is 13.1 Å². The van der Waals surface area contributed by atoms with E-state index >= 15 is 0 Å². The van der Waals surface area contributed by atoms with Gasteiger partial charge >= 0.3 is 0 Å². The van der Waals surface area contributed by atoms with Gasteiger partial charge in [0.1, 0.15) is 11.2 Å². The van der Waals surface area contributed by atoms with Gasteiger partial charge in [-0.1, -0.05) is 48.6 Å². The molecule has 0 saturated carbocycles. The van der Waals surface area contributed by atoms with E-state index in [0.29, 0.717) is 5.92 Å². The molecule has 2 aromatic heterocycles. The maximum absolute atomic E-state index is 10.7. The smallest absolute Gasteiger partial charge is 0.235 e. The Balaban J connectivity index is 1.81. The maximum Gasteiger partial charge on any atom is 0.235 e. The van der Waals surface area contributed by atoms with Crippen molar-refractivity contribution in [1.82, 2.24) is 14.6 Å². The van der Waals surface area contributed by atoms with Crippen molar-refractivity contribution >= 4 is 16.3 Å². The van der Waals surface area contributed by atoms with Crippen LogP contribution in [0.2, 0.25) is 0 Å². The number of aromatic hydroxyl groups is 1. The molecule has 0 radical (unpaired) electrons. The van der Waals surface area contributed by atoms with Gasteiger partial charge in [-0.15, -0.1) is 0 Å². The molecule has 120 valence electrons. The number of hydrogen-bond acceptors (Lipinski definition) is 4. The third-order valence-electron chi connectivity index (χ3n) is 4.75. The molecule has 23 heavy (non-hydrogen) atoms. The van der Waals surface area contributed by atoms with Crippen LogP contribution >= 0.6 is 11.3 Å². The predicted octanol–water partition coefficient (Wildman–Crippen LogP) is 1.90. The van der Waals surface area contributed by atoms with Crippen LogP contribution in [0.3, 0.4) is 0 Å². The predicted molar refractivity (Wildman–Crippen MR) is 89.9 cm³/mol. The topological polar surface area (TPSA) is 54.9 Å². The second-order valence-corrected chi connectivity index (χ2v) is 7.46. The number of aromatic nitrogens is 3. The molecule has 3 heterocycles. The Labute approximate surface area is 139 Å². The van der Waals surface area contributed by atoms with Gasteiger partial charge in [0.05, 0.1) is 13.1 Å². The largest absolute Gasteiger partial charge is 0.492 e. The monoisotopic (exact) mass is 329 g/mol. The number of likely N-dealkylation sites (tertiary alicyclic amines) is 1. The van der Waals surface area contributed by atoms with Gasteiger partial charge in [0, 0.05) is 11.5 Å². The Morgan fingerprint density at radius 1 is 1.35 bits per heavy atom. The summed E-state index contributed by atoms with van der Waals surface area (Å²) in [7, 11) is 0. The summed E-state index contributed by atoms with van der Waals surface area (Å²) in [5.74, 6) is 0.955. The minimum Gasteiger partial charge on any atom is -0.492 e. The van der Waals surface area contributed by atoms with E-state index in [4.69, 9.17) is 0 Å². The number of piperidine rings is 1. The molecule has 1 aliphatic rings. The summed E-state index contributed by atoms with van der Waals surface area (Å²) in [6, 6.07) is 10.6. The summed E-state index contributed by atoms with van der Waals surface area (Å²) in [4.78, 5) is 7.48. The third kappa shape index (κ3) is 2.62. The fourth-order valence-corrected chi connectivity index (χ4v) is 4.81. The lowest BCUT2D eigenvalue weighted by atomic mass is 9.95. The number of benzene rings is 1. The number of nitrogens with zero attached hydrogens (tertiary/aromatic N) is 3. The van der Waals surface area contributed by atoms with Gasteiger partial charge in [-0.25, -0.2) is 4.98 Å². The Hall–Kier alpha value is -1.92. The summed E-state index contributed by atoms with van der Waals surface area (Å²) >= 11 is 1.55. The molecule has 1 unspecified atom stereocenters. The van der Waals surface area contributed by atoms with E-state index in [1.807, 2.05) is 6.07 Å². The number of quaternary nitrogens is 1. The van der Waals surface area contributed by atoms with E-state index in [2.05, 4.69) is 41.3 Å². The number of hydrogen-bond donors (Lipinski definition) is 2. The zero-order valence-corrected chi connectivity index (χ0v) is 14.0. The van der Waals surface area contributed by atoms with Crippen molar-refractivity contribution in [1.29, 1.82) is 0 Å². The van der Waals surface area contributed by atoms with Crippen molar-refractivity contribution < 1.29 is 10.0 Å². The highest BCUT2D eigenvalue weighted by atomic mass is 32.1. The van der Waals surface area contributed by atoms with Gasteiger partial charge in [0.15, 0.2) is 6.04 Å². The lowest BCUT2D eigenvalue weighted by Gasteiger charge is -2.34. The van der Waals surface area contributed by atoms with Crippen molar-refractivity contribution in [3.63, 3.8) is 0 Å². The molecule has 1 aromatic carbocycles. The minimum atomic E-state index is 0.146. The van der Waals surface area contributed by atoms with Gasteiger partial charge in [-0.05, 0) is 12.8 Å². The van der Waals surface area contributed by atoms with E-state index < -0.39 is 0 Å². The van der Waals surface area contributed by atoms with Crippen molar-refractivity contribution in [3.05, 3.63) is 47.1 Å². The molecular formula is C17H21N4OS+. The van der Waals surface area contributed by atoms with Gasteiger partial charge < -0.3 is 10.0 Å². The SMILES string of the molecule is C[C@@H]1CCC[NH+]([C@@H](c2ccccc2)c2sc3ncnn3c2O)C1. The average molecular weight is 329 g/mol. The zero-order chi connectivity index (χ0) is 15.8. The molecule has 0 aliphatic carbocycles. The Morgan fingerprint density at radius 2 is 2.17 bits per heavy atom. The molecule has 1 aliphatic heterocycles. The quantitative estimate of drug-likeness (QED) is 0.772. The lowest BCUT2D eigenvalue weighted by Crippen LogP contribution is -3.13. The van der Waals surface area contributed by atoms with E-state index in [1.165, 1.54) is 29.6 Å². The highest BCUT2D eigenvalue weighted by Crippen LogP contribution is 2.34. The molecular weight excluding hydrogens is 308 g/mol. The van der Waals surface area contributed by atoms with Crippen LogP contribution in [-0.4, -0.2) is 32.8 Å². The van der Waals surface area contributed by atoms with Gasteiger partial charge in [-0.3, -0.25) is 0 Å². The summed E-state index contributed by atoms with van der Waals surface area (Å²) in [6.45, 7) is 4.59. The van der Waals surface area contributed by atoms with E-state index in [-0.39, 0.29) is 11.9 Å². The van der Waals surface area contributed by atoms with Crippen LogP contribution in [0.4, 0.5) is 0 Å². The molecule has 4 rings (SSSR count). The summed E-state index contributed by atoms with van der Waals surface area (Å²) in [5, 5.41) is 14.8. The van der Waals surface area contributed by atoms with Crippen LogP contribution in [0.15, 0.2) is 36.7 Å². The van der Waals surface area contributed by atoms with E-state index in [0.717, 1.165) is 22.9 Å². The molecule has 2 N–H and O–H groups in total. The minimum absolute atomic E-state index is 0.146. The van der Waals surface area contributed by atoms with Crippen LogP contribution in [0, 0.1) is 5.92 Å². The molecule has 0 amide bonds. The van der Waals surface area contributed by atoms with Crippen LogP contribution < -0.4 is 4.90 Å². The highest BCUT2D eigenvalue weighted by Gasteiger charge is 2.34. The Kier molecular flexibility index (Phi) is 3.79. The molecule has 0 spiro atoms. The Bertz CT molecular complexity index is 797. The van der Waals surface area contributed by atoms with E-state index in [9.17, 15) is 5.11 Å². The van der Waals surface area contributed by atoms with E-state index in [1.54, 1.807) is 15.9 Å². The van der Waals surface area contributed by atoms with Gasteiger partial charge in [0.2, 0.25) is 10.8 Å². The van der Waals surface area contributed by atoms with Crippen molar-refractivity contribution in [3.8, 4) is 5.88 Å². The Morgan fingerprint density at radius 3 is 2.91 bits per heavy atom. The maximum atomic E-state index is 10.7. The normalized spacial score (nSPS) is 23.2. The first-order chi connectivity index (χ1) is 11.2. The van der Waals surface area contributed by atoms with Crippen LogP contribution in [0.25, 0.3) is 4.96 Å². The molecule has 0 bridgehead atoms. The average Bonchev–Trinajstić information content (AvgIpc) is 3.13. The molecule has 3 aromatic rings. The highest BCUT2D eigenvalue weighted by molar-refractivity contribution is 7.17. The summed E-state index contributed by atoms with van der Waals surface area (Å²) in [5.41, 5.74) is 1.25. The summed E-state index contributed by atoms with van der Waals surface area (Å²) < 4.78 is 1.54. The van der Waals surface area contributed by atoms with Crippen LogP contribution in [0.5, 0.6) is 5.88 Å². The third-order valence-corrected chi connectivity index (χ3v) is 5.85. The number of rotatable bonds is 3.